The summed E-state index contributed by atoms with van der Waals surface area (Å²) >= 11 is 0. The first-order chi connectivity index (χ1) is 7.26. The summed E-state index contributed by atoms with van der Waals surface area (Å²) in [6.45, 7) is 9.42. The van der Waals surface area contributed by atoms with Gasteiger partial charge < -0.3 is 0 Å². The van der Waals surface area contributed by atoms with Gasteiger partial charge in [-0.25, -0.2) is 0 Å². The van der Waals surface area contributed by atoms with E-state index < -0.39 is 0 Å². The number of aryl methyl sites for hydroxylation is 1. The fourth-order valence-corrected chi connectivity index (χ4v) is 1.42. The van der Waals surface area contributed by atoms with E-state index >= 15 is 0 Å². The maximum absolute atomic E-state index is 3.21. The standard InChI is InChI=1S/C14H19N/c1-4-15(5-2)11-7-10-14-9-6-8-13(3)12-14/h6,8-9,12H,4-5,11H2,1-3H3. The second-order valence-corrected chi connectivity index (χ2v) is 3.63. The molecule has 0 atom stereocenters. The normalized spacial score (nSPS) is 9.87. The summed E-state index contributed by atoms with van der Waals surface area (Å²) < 4.78 is 0. The van der Waals surface area contributed by atoms with Crippen LogP contribution in [-0.4, -0.2) is 24.5 Å². The van der Waals surface area contributed by atoms with Crippen LogP contribution < -0.4 is 0 Å². The third kappa shape index (κ3) is 4.18. The van der Waals surface area contributed by atoms with Gasteiger partial charge in [0.25, 0.3) is 0 Å². The zero-order valence-corrected chi connectivity index (χ0v) is 9.88. The van der Waals surface area contributed by atoms with Gasteiger partial charge in [-0.05, 0) is 37.7 Å². The second kappa shape index (κ2) is 6.27. The van der Waals surface area contributed by atoms with Crippen molar-refractivity contribution < 1.29 is 0 Å². The number of benzene rings is 1. The van der Waals surface area contributed by atoms with E-state index in [0.29, 0.717) is 0 Å². The Morgan fingerprint density at radius 1 is 1.20 bits per heavy atom. The fourth-order valence-electron chi connectivity index (χ4n) is 1.42. The summed E-state index contributed by atoms with van der Waals surface area (Å²) in [6, 6.07) is 8.32. The molecule has 0 unspecified atom stereocenters. The molecule has 1 heteroatoms. The molecule has 1 aromatic carbocycles. The predicted octanol–water partition coefficient (Wildman–Crippen LogP) is 2.69. The van der Waals surface area contributed by atoms with Crippen LogP contribution in [-0.2, 0) is 0 Å². The lowest BCUT2D eigenvalue weighted by molar-refractivity contribution is 0.342. The molecule has 0 amide bonds. The minimum absolute atomic E-state index is 0.862. The van der Waals surface area contributed by atoms with Crippen molar-refractivity contribution in [2.24, 2.45) is 0 Å². The van der Waals surface area contributed by atoms with Gasteiger partial charge >= 0.3 is 0 Å². The Balaban J connectivity index is 2.58. The van der Waals surface area contributed by atoms with E-state index in [9.17, 15) is 0 Å². The van der Waals surface area contributed by atoms with E-state index in [1.165, 1.54) is 5.56 Å². The van der Waals surface area contributed by atoms with E-state index in [-0.39, 0.29) is 0 Å². The van der Waals surface area contributed by atoms with Crippen molar-refractivity contribution in [1.82, 2.24) is 4.90 Å². The van der Waals surface area contributed by atoms with Crippen molar-refractivity contribution in [3.63, 3.8) is 0 Å². The molecule has 0 fully saturated rings. The van der Waals surface area contributed by atoms with E-state index in [0.717, 1.165) is 25.2 Å². The number of hydrogen-bond donors (Lipinski definition) is 0. The molecule has 0 radical (unpaired) electrons. The average molecular weight is 201 g/mol. The molecular formula is C14H19N. The van der Waals surface area contributed by atoms with E-state index in [2.05, 4.69) is 61.8 Å². The molecular weight excluding hydrogens is 182 g/mol. The van der Waals surface area contributed by atoms with E-state index in [1.807, 2.05) is 0 Å². The van der Waals surface area contributed by atoms with Gasteiger partial charge in [0.15, 0.2) is 0 Å². The van der Waals surface area contributed by atoms with Gasteiger partial charge in [0.05, 0.1) is 6.54 Å². The highest BCUT2D eigenvalue weighted by molar-refractivity contribution is 5.36. The van der Waals surface area contributed by atoms with Crippen LogP contribution in [0.4, 0.5) is 0 Å². The lowest BCUT2D eigenvalue weighted by Crippen LogP contribution is -2.22. The van der Waals surface area contributed by atoms with Crippen molar-refractivity contribution in [3.8, 4) is 11.8 Å². The summed E-state index contributed by atoms with van der Waals surface area (Å²) in [4.78, 5) is 2.31. The summed E-state index contributed by atoms with van der Waals surface area (Å²) in [5.74, 6) is 6.40. The highest BCUT2D eigenvalue weighted by atomic mass is 15.1. The van der Waals surface area contributed by atoms with E-state index in [1.54, 1.807) is 0 Å². The Labute approximate surface area is 93.1 Å². The topological polar surface area (TPSA) is 3.24 Å². The molecule has 0 saturated heterocycles. The Bertz CT molecular complexity index is 353. The molecule has 1 nitrogen and oxygen atoms in total. The molecule has 0 N–H and O–H groups in total. The fraction of sp³-hybridized carbons (Fsp3) is 0.429. The van der Waals surface area contributed by atoms with Gasteiger partial charge in [-0.15, -0.1) is 0 Å². The highest BCUT2D eigenvalue weighted by Gasteiger charge is 1.93. The SMILES string of the molecule is CCN(CC)CC#Cc1cccc(C)c1. The third-order valence-electron chi connectivity index (χ3n) is 2.45. The maximum Gasteiger partial charge on any atom is 0.0605 e. The molecule has 0 aliphatic rings. The number of nitrogens with zero attached hydrogens (tertiary/aromatic N) is 1. The van der Waals surface area contributed by atoms with Crippen molar-refractivity contribution in [2.45, 2.75) is 20.8 Å². The van der Waals surface area contributed by atoms with Crippen LogP contribution in [0.15, 0.2) is 24.3 Å². The van der Waals surface area contributed by atoms with Crippen LogP contribution in [0.2, 0.25) is 0 Å². The molecule has 0 bridgehead atoms. The van der Waals surface area contributed by atoms with Crippen molar-refractivity contribution in [1.29, 1.82) is 0 Å². The van der Waals surface area contributed by atoms with Crippen molar-refractivity contribution in [3.05, 3.63) is 35.4 Å². The number of hydrogen-bond acceptors (Lipinski definition) is 1. The lowest BCUT2D eigenvalue weighted by Gasteiger charge is -2.13. The number of rotatable bonds is 3. The van der Waals surface area contributed by atoms with Crippen LogP contribution in [0, 0.1) is 18.8 Å². The van der Waals surface area contributed by atoms with Gasteiger partial charge in [-0.1, -0.05) is 37.8 Å². The summed E-state index contributed by atoms with van der Waals surface area (Å²) in [6.07, 6.45) is 0. The van der Waals surface area contributed by atoms with Gasteiger partial charge in [0.2, 0.25) is 0 Å². The zero-order valence-electron chi connectivity index (χ0n) is 9.88. The maximum atomic E-state index is 3.21. The first-order valence-corrected chi connectivity index (χ1v) is 5.54. The largest absolute Gasteiger partial charge is 0.293 e. The molecule has 1 rings (SSSR count). The molecule has 0 aliphatic carbocycles. The Hall–Kier alpha value is -1.26. The Morgan fingerprint density at radius 2 is 1.93 bits per heavy atom. The molecule has 15 heavy (non-hydrogen) atoms. The van der Waals surface area contributed by atoms with Crippen LogP contribution in [0.25, 0.3) is 0 Å². The molecule has 0 spiro atoms. The Morgan fingerprint density at radius 3 is 2.53 bits per heavy atom. The van der Waals surface area contributed by atoms with Crippen LogP contribution >= 0.6 is 0 Å². The molecule has 1 aromatic rings. The molecule has 80 valence electrons. The van der Waals surface area contributed by atoms with Crippen molar-refractivity contribution >= 4 is 0 Å². The third-order valence-corrected chi connectivity index (χ3v) is 2.45. The van der Waals surface area contributed by atoms with Crippen LogP contribution in [0.3, 0.4) is 0 Å². The predicted molar refractivity (Wildman–Crippen MR) is 65.8 cm³/mol. The smallest absolute Gasteiger partial charge is 0.0605 e. The zero-order chi connectivity index (χ0) is 11.1. The van der Waals surface area contributed by atoms with Gasteiger partial charge in [-0.3, -0.25) is 4.90 Å². The molecule has 0 heterocycles. The lowest BCUT2D eigenvalue weighted by atomic mass is 10.1. The van der Waals surface area contributed by atoms with Crippen molar-refractivity contribution in [2.75, 3.05) is 19.6 Å². The van der Waals surface area contributed by atoms with Gasteiger partial charge in [0.1, 0.15) is 0 Å². The van der Waals surface area contributed by atoms with Crippen LogP contribution in [0.1, 0.15) is 25.0 Å². The molecule has 0 aromatic heterocycles. The quantitative estimate of drug-likeness (QED) is 0.680. The monoisotopic (exact) mass is 201 g/mol. The summed E-state index contributed by atoms with van der Waals surface area (Å²) in [7, 11) is 0. The minimum atomic E-state index is 0.862. The molecule has 0 aliphatic heterocycles. The second-order valence-electron chi connectivity index (χ2n) is 3.63. The van der Waals surface area contributed by atoms with Gasteiger partial charge in [-0.2, -0.15) is 0 Å². The minimum Gasteiger partial charge on any atom is -0.293 e. The first kappa shape index (κ1) is 11.8. The average Bonchev–Trinajstić information content (AvgIpc) is 2.25. The highest BCUT2D eigenvalue weighted by Crippen LogP contribution is 2.01. The van der Waals surface area contributed by atoms with Gasteiger partial charge in [0, 0.05) is 5.56 Å². The summed E-state index contributed by atoms with van der Waals surface area (Å²) in [5, 5.41) is 0. The molecule has 0 saturated carbocycles. The van der Waals surface area contributed by atoms with Crippen LogP contribution in [0.5, 0.6) is 0 Å². The first-order valence-electron chi connectivity index (χ1n) is 5.54. The Kier molecular flexibility index (Phi) is 4.93. The van der Waals surface area contributed by atoms with E-state index in [4.69, 9.17) is 0 Å². The summed E-state index contributed by atoms with van der Waals surface area (Å²) in [5.41, 5.74) is 2.38.